The lowest BCUT2D eigenvalue weighted by Gasteiger charge is -2.47. The van der Waals surface area contributed by atoms with Gasteiger partial charge in [-0.3, -0.25) is 14.4 Å². The molecule has 0 radical (unpaired) electrons. The molecule has 3 amide bonds. The second kappa shape index (κ2) is 10.6. The quantitative estimate of drug-likeness (QED) is 0.192. The predicted molar refractivity (Wildman–Crippen MR) is 144 cm³/mol. The highest BCUT2D eigenvalue weighted by atomic mass is 32.2. The number of aromatic nitrogens is 4. The number of tetrazole rings is 1. The van der Waals surface area contributed by atoms with Crippen molar-refractivity contribution in [1.82, 2.24) is 46.0 Å². The van der Waals surface area contributed by atoms with Crippen LogP contribution < -0.4 is 16.0 Å². The van der Waals surface area contributed by atoms with Crippen LogP contribution in [-0.2, 0) is 25.7 Å². The lowest BCUT2D eigenvalue weighted by atomic mass is 9.78. The first-order valence-corrected chi connectivity index (χ1v) is 14.9. The van der Waals surface area contributed by atoms with E-state index in [2.05, 4.69) is 31.5 Å². The van der Waals surface area contributed by atoms with E-state index in [1.165, 1.54) is 27.7 Å². The molecule has 4 saturated heterocycles. The van der Waals surface area contributed by atoms with Crippen molar-refractivity contribution in [3.63, 3.8) is 0 Å². The Labute approximate surface area is 240 Å². The summed E-state index contributed by atoms with van der Waals surface area (Å²) in [5.41, 5.74) is -0.558. The number of fused-ring (bicyclic) bond motifs is 2. The number of β-lactam (4-membered cyclic amide) rings is 1. The standard InChI is InChI=1S/C25H35N9O6S/c1-12-19-18(13(2)29-17(36)8-32-11-28-30-31-32)23(38)34(19)20(24(39)40)21(12)41-15-5-16(27-7-15)22(37)33-4-3-14-6-26-9-25(14,33)10-35/h11-16,18-19,26-27,35H,3-10H2,1-2H3,(H,29,36)(H,39,40)/t12-,13?,14?,15+,16+,18-,19-,25?/m1/s1. The van der Waals surface area contributed by atoms with Gasteiger partial charge < -0.3 is 36.0 Å². The zero-order valence-corrected chi connectivity index (χ0v) is 23.7. The third-order valence-corrected chi connectivity index (χ3v) is 11.0. The van der Waals surface area contributed by atoms with Crippen LogP contribution in [0.2, 0.25) is 0 Å². The van der Waals surface area contributed by atoms with Crippen LogP contribution in [0.3, 0.4) is 0 Å². The fourth-order valence-corrected chi connectivity index (χ4v) is 8.90. The normalized spacial score (nSPS) is 35.0. The van der Waals surface area contributed by atoms with Crippen LogP contribution in [0.4, 0.5) is 0 Å². The summed E-state index contributed by atoms with van der Waals surface area (Å²) in [6.45, 7) is 6.02. The monoisotopic (exact) mass is 589 g/mol. The molecule has 1 aromatic heterocycles. The molecule has 8 atom stereocenters. The highest BCUT2D eigenvalue weighted by Gasteiger charge is 2.61. The van der Waals surface area contributed by atoms with Gasteiger partial charge in [0.25, 0.3) is 0 Å². The maximum atomic E-state index is 13.5. The van der Waals surface area contributed by atoms with Crippen LogP contribution in [0.1, 0.15) is 26.7 Å². The number of carboxylic acids is 1. The summed E-state index contributed by atoms with van der Waals surface area (Å²) >= 11 is 1.42. The van der Waals surface area contributed by atoms with Crippen LogP contribution in [-0.4, -0.2) is 126 Å². The van der Waals surface area contributed by atoms with Gasteiger partial charge in [-0.15, -0.1) is 16.9 Å². The van der Waals surface area contributed by atoms with Crippen LogP contribution in [0.25, 0.3) is 0 Å². The molecule has 4 fully saturated rings. The van der Waals surface area contributed by atoms with Crippen molar-refractivity contribution in [1.29, 1.82) is 0 Å². The number of carbonyl (C=O) groups excluding carboxylic acids is 3. The Morgan fingerprint density at radius 3 is 2.83 bits per heavy atom. The molecule has 6 heterocycles. The van der Waals surface area contributed by atoms with E-state index in [1.54, 1.807) is 6.92 Å². The third kappa shape index (κ3) is 4.51. The molecule has 0 aromatic carbocycles. The molecule has 41 heavy (non-hydrogen) atoms. The Balaban J connectivity index is 1.11. The zero-order chi connectivity index (χ0) is 29.1. The Kier molecular flexibility index (Phi) is 7.28. The number of hydrogen-bond acceptors (Lipinski definition) is 11. The van der Waals surface area contributed by atoms with Crippen molar-refractivity contribution in [2.24, 2.45) is 17.8 Å². The second-order valence-electron chi connectivity index (χ2n) is 11.7. The summed E-state index contributed by atoms with van der Waals surface area (Å²) in [6.07, 6.45) is 2.70. The number of likely N-dealkylation sites (tertiary alicyclic amines) is 1. The van der Waals surface area contributed by atoms with Crippen molar-refractivity contribution in [2.45, 2.75) is 62.1 Å². The van der Waals surface area contributed by atoms with E-state index < -0.39 is 29.5 Å². The van der Waals surface area contributed by atoms with Gasteiger partial charge in [0.1, 0.15) is 18.6 Å². The van der Waals surface area contributed by atoms with Gasteiger partial charge in [0.2, 0.25) is 17.7 Å². The average Bonchev–Trinajstić information content (AvgIpc) is 3.74. The van der Waals surface area contributed by atoms with Gasteiger partial charge in [-0.25, -0.2) is 9.48 Å². The molecule has 5 aliphatic heterocycles. The first-order valence-electron chi connectivity index (χ1n) is 14.0. The van der Waals surface area contributed by atoms with Crippen molar-refractivity contribution < 1.29 is 29.4 Å². The van der Waals surface area contributed by atoms with Gasteiger partial charge in [0.15, 0.2) is 0 Å². The molecule has 3 unspecified atom stereocenters. The summed E-state index contributed by atoms with van der Waals surface area (Å²) in [7, 11) is 0. The van der Waals surface area contributed by atoms with Crippen LogP contribution >= 0.6 is 11.8 Å². The van der Waals surface area contributed by atoms with Crippen molar-refractivity contribution in [2.75, 3.05) is 32.8 Å². The summed E-state index contributed by atoms with van der Waals surface area (Å²) < 4.78 is 1.28. The molecular weight excluding hydrogens is 554 g/mol. The van der Waals surface area contributed by atoms with Crippen molar-refractivity contribution >= 4 is 35.5 Å². The van der Waals surface area contributed by atoms with Crippen molar-refractivity contribution in [3.8, 4) is 0 Å². The number of amides is 3. The Morgan fingerprint density at radius 1 is 1.32 bits per heavy atom. The van der Waals surface area contributed by atoms with Gasteiger partial charge in [0, 0.05) is 48.3 Å². The Bertz CT molecular complexity index is 1280. The third-order valence-electron chi connectivity index (χ3n) is 9.46. The lowest BCUT2D eigenvalue weighted by molar-refractivity contribution is -0.158. The van der Waals surface area contributed by atoms with Crippen LogP contribution in [0, 0.1) is 17.8 Å². The average molecular weight is 590 g/mol. The molecule has 222 valence electrons. The fraction of sp³-hybridized carbons (Fsp3) is 0.720. The number of nitrogens with zero attached hydrogens (tertiary/aromatic N) is 6. The largest absolute Gasteiger partial charge is 0.477 e. The molecule has 5 aliphatic rings. The minimum atomic E-state index is -1.16. The van der Waals surface area contributed by atoms with Crippen LogP contribution in [0.5, 0.6) is 0 Å². The molecular formula is C25H35N9O6S. The number of aliphatic hydroxyl groups excluding tert-OH is 1. The molecule has 5 N–H and O–H groups in total. The molecule has 0 bridgehead atoms. The van der Waals surface area contributed by atoms with E-state index in [0.717, 1.165) is 13.0 Å². The van der Waals surface area contributed by atoms with Crippen LogP contribution in [0.15, 0.2) is 16.9 Å². The number of hydrogen-bond donors (Lipinski definition) is 5. The molecule has 16 heteroatoms. The van der Waals surface area contributed by atoms with Gasteiger partial charge in [-0.2, -0.15) is 0 Å². The Morgan fingerprint density at radius 2 is 2.12 bits per heavy atom. The SMILES string of the molecule is CC(NC(=O)Cn1cnnn1)[C@H]1C(=O)N2C(C(=O)O)=C(S[C@@H]3CN[C@H](C(=O)N4CCC5CNCC54CO)C3)[C@H](C)[C@H]12. The van der Waals surface area contributed by atoms with Crippen molar-refractivity contribution in [3.05, 3.63) is 16.9 Å². The highest BCUT2D eigenvalue weighted by molar-refractivity contribution is 8.03. The summed E-state index contributed by atoms with van der Waals surface area (Å²) in [5.74, 6) is -2.43. The minimum Gasteiger partial charge on any atom is -0.477 e. The van der Waals surface area contributed by atoms with E-state index >= 15 is 0 Å². The summed E-state index contributed by atoms with van der Waals surface area (Å²) in [6, 6.07) is -1.31. The van der Waals surface area contributed by atoms with Gasteiger partial charge >= 0.3 is 5.97 Å². The number of thioether (sulfide) groups is 1. The minimum absolute atomic E-state index is 0.00519. The summed E-state index contributed by atoms with van der Waals surface area (Å²) in [5, 5.41) is 40.4. The second-order valence-corrected chi connectivity index (χ2v) is 13.0. The molecule has 6 rings (SSSR count). The number of rotatable bonds is 9. The van der Waals surface area contributed by atoms with Gasteiger partial charge in [0.05, 0.1) is 30.1 Å². The van der Waals surface area contributed by atoms with Gasteiger partial charge in [-0.05, 0) is 36.1 Å². The number of aliphatic carboxylic acids is 1. The van der Waals surface area contributed by atoms with E-state index in [0.29, 0.717) is 31.0 Å². The molecule has 0 spiro atoms. The first kappa shape index (κ1) is 28.1. The molecule has 0 saturated carbocycles. The number of carboxylic acid groups (broad SMARTS) is 1. The van der Waals surface area contributed by atoms with E-state index in [-0.39, 0.29) is 59.7 Å². The maximum Gasteiger partial charge on any atom is 0.353 e. The van der Waals surface area contributed by atoms with E-state index in [1.807, 2.05) is 11.8 Å². The number of carbonyl (C=O) groups is 4. The lowest BCUT2D eigenvalue weighted by Crippen LogP contribution is -2.66. The summed E-state index contributed by atoms with van der Waals surface area (Å²) in [4.78, 5) is 55.4. The first-order chi connectivity index (χ1) is 19.7. The van der Waals surface area contributed by atoms with Gasteiger partial charge in [-0.1, -0.05) is 6.92 Å². The van der Waals surface area contributed by atoms with E-state index in [4.69, 9.17) is 0 Å². The van der Waals surface area contributed by atoms with E-state index in [9.17, 15) is 29.4 Å². The number of aliphatic hydroxyl groups is 1. The molecule has 0 aliphatic carbocycles. The molecule has 1 aromatic rings. The number of nitrogens with one attached hydrogen (secondary N) is 3. The maximum absolute atomic E-state index is 13.5. The topological polar surface area (TPSA) is 195 Å². The highest BCUT2D eigenvalue weighted by Crippen LogP contribution is 2.52. The smallest absolute Gasteiger partial charge is 0.353 e. The Hall–Kier alpha value is -3.08. The molecule has 15 nitrogen and oxygen atoms in total. The predicted octanol–water partition coefficient (Wildman–Crippen LogP) is -2.40. The fourth-order valence-electron chi connectivity index (χ4n) is 7.43. The zero-order valence-electron chi connectivity index (χ0n) is 22.9.